The van der Waals surface area contributed by atoms with Gasteiger partial charge >= 0.3 is 0 Å². The summed E-state index contributed by atoms with van der Waals surface area (Å²) in [7, 11) is 0. The fraction of sp³-hybridized carbons (Fsp3) is 0.0164. The van der Waals surface area contributed by atoms with Crippen molar-refractivity contribution >= 4 is 77.0 Å². The van der Waals surface area contributed by atoms with E-state index < -0.39 is 0 Å². The number of aromatic nitrogens is 2. The molecule has 0 fully saturated rings. The van der Waals surface area contributed by atoms with Crippen LogP contribution in [-0.4, -0.2) is 16.7 Å². The van der Waals surface area contributed by atoms with Crippen LogP contribution in [-0.2, 0) is 0 Å². The molecule has 4 heterocycles. The molecule has 20 aromatic carbocycles. The fourth-order valence-electron chi connectivity index (χ4n) is 19.5. The molecule has 22 aromatic rings. The zero-order valence-electron chi connectivity index (χ0n) is 70.2. The minimum absolute atomic E-state index is 0.0825. The molecule has 2 aromatic heterocycles. The Morgan fingerprint density at radius 3 is 0.874 bits per heavy atom. The number of benzene rings is 20. The molecule has 0 saturated heterocycles. The third-order valence-corrected chi connectivity index (χ3v) is 25.5. The molecule has 0 aliphatic carbocycles. The molecule has 127 heavy (non-hydrogen) atoms. The number of fused-ring (bicyclic) bond motifs is 9. The number of nitrogens with zero attached hydrogens (tertiary/aromatic N) is 2. The first-order valence-electron chi connectivity index (χ1n) is 43.6. The quantitative estimate of drug-likeness (QED) is 0.0903. The predicted molar refractivity (Wildman–Crippen MR) is 535 cm³/mol. The van der Waals surface area contributed by atoms with Gasteiger partial charge in [-0.2, -0.15) is 0 Å². The van der Waals surface area contributed by atoms with E-state index in [1.165, 1.54) is 143 Å². The lowest BCUT2D eigenvalue weighted by atomic mass is 9.34. The van der Waals surface area contributed by atoms with E-state index in [9.17, 15) is 0 Å². The van der Waals surface area contributed by atoms with E-state index >= 15 is 0 Å². The molecular formula is C122H83BN2O2. The predicted octanol–water partition coefficient (Wildman–Crippen LogP) is 31.0. The number of rotatable bonds is 12. The second-order valence-electron chi connectivity index (χ2n) is 32.8. The Balaban J connectivity index is 0.000000113. The van der Waals surface area contributed by atoms with E-state index in [0.717, 1.165) is 95.0 Å². The molecule has 24 rings (SSSR count). The fourth-order valence-corrected chi connectivity index (χ4v) is 19.5. The molecule has 0 amide bonds. The van der Waals surface area contributed by atoms with Gasteiger partial charge in [0.25, 0.3) is 6.71 Å². The minimum atomic E-state index is -0.0825. The van der Waals surface area contributed by atoms with Gasteiger partial charge in [-0.25, -0.2) is 0 Å². The van der Waals surface area contributed by atoms with Crippen LogP contribution in [0.3, 0.4) is 0 Å². The van der Waals surface area contributed by atoms with Gasteiger partial charge in [-0.1, -0.05) is 419 Å². The van der Waals surface area contributed by atoms with Gasteiger partial charge in [0.05, 0.1) is 0 Å². The van der Waals surface area contributed by atoms with Crippen molar-refractivity contribution in [1.29, 1.82) is 0 Å². The van der Waals surface area contributed by atoms with Gasteiger partial charge < -0.3 is 9.47 Å². The van der Waals surface area contributed by atoms with Crippen molar-refractivity contribution in [3.8, 4) is 157 Å². The summed E-state index contributed by atoms with van der Waals surface area (Å²) < 4.78 is 14.3. The smallest absolute Gasteiger partial charge is 0.260 e. The summed E-state index contributed by atoms with van der Waals surface area (Å²) in [5, 5.41) is 12.7. The molecule has 0 spiro atoms. The summed E-state index contributed by atoms with van der Waals surface area (Å²) >= 11 is 0. The van der Waals surface area contributed by atoms with Crippen LogP contribution in [0.15, 0.2) is 468 Å². The molecule has 2 aliphatic rings. The van der Waals surface area contributed by atoms with Crippen LogP contribution in [0.1, 0.15) is 11.1 Å². The van der Waals surface area contributed by atoms with Crippen LogP contribution in [0, 0.1) is 13.8 Å². The first-order chi connectivity index (χ1) is 62.9. The van der Waals surface area contributed by atoms with E-state index in [1.807, 2.05) is 24.8 Å². The summed E-state index contributed by atoms with van der Waals surface area (Å²) in [5.41, 5.74) is 34.2. The van der Waals surface area contributed by atoms with E-state index in [-0.39, 0.29) is 6.71 Å². The number of hydrogen-bond donors (Lipinski definition) is 0. The second-order valence-corrected chi connectivity index (χ2v) is 32.8. The van der Waals surface area contributed by atoms with Gasteiger partial charge in [0.1, 0.15) is 23.0 Å². The molecule has 0 saturated carbocycles. The number of hydrogen-bond acceptors (Lipinski definition) is 4. The van der Waals surface area contributed by atoms with Crippen molar-refractivity contribution in [2.45, 2.75) is 13.8 Å². The van der Waals surface area contributed by atoms with E-state index in [2.05, 4.69) is 467 Å². The lowest BCUT2D eigenvalue weighted by Gasteiger charge is -2.36. The van der Waals surface area contributed by atoms with Gasteiger partial charge in [0.15, 0.2) is 0 Å². The maximum atomic E-state index is 7.14. The highest BCUT2D eigenvalue weighted by Gasteiger charge is 2.44. The molecule has 0 unspecified atom stereocenters. The van der Waals surface area contributed by atoms with Crippen molar-refractivity contribution in [1.82, 2.24) is 9.97 Å². The highest BCUT2D eigenvalue weighted by molar-refractivity contribution is 6.98. The molecule has 0 bridgehead atoms. The molecule has 2 aliphatic heterocycles. The monoisotopic (exact) mass is 1620 g/mol. The summed E-state index contributed by atoms with van der Waals surface area (Å²) in [6, 6.07) is 159. The summed E-state index contributed by atoms with van der Waals surface area (Å²) in [6.07, 6.45) is 7.61. The van der Waals surface area contributed by atoms with Crippen LogP contribution < -0.4 is 25.9 Å². The second kappa shape index (κ2) is 33.5. The Morgan fingerprint density at radius 1 is 0.181 bits per heavy atom. The number of aryl methyl sites for hydroxylation is 2. The summed E-state index contributed by atoms with van der Waals surface area (Å²) in [5.74, 6) is 3.50. The van der Waals surface area contributed by atoms with Crippen molar-refractivity contribution in [2.75, 3.05) is 0 Å². The van der Waals surface area contributed by atoms with Crippen molar-refractivity contribution in [3.05, 3.63) is 479 Å². The number of pyridine rings is 2. The first kappa shape index (κ1) is 76.8. The first-order valence-corrected chi connectivity index (χ1v) is 43.6. The molecule has 596 valence electrons. The zero-order valence-corrected chi connectivity index (χ0v) is 70.2. The average Bonchev–Trinajstić information content (AvgIpc) is 0.756. The summed E-state index contributed by atoms with van der Waals surface area (Å²) in [4.78, 5) is 8.76. The Morgan fingerprint density at radius 2 is 0.472 bits per heavy atom. The number of para-hydroxylation sites is 2. The highest BCUT2D eigenvalue weighted by Crippen LogP contribution is 2.52. The summed E-state index contributed by atoms with van der Waals surface area (Å²) in [6.45, 7) is 4.19. The molecule has 0 atom stereocenters. The third kappa shape index (κ3) is 14.2. The maximum Gasteiger partial charge on any atom is 0.260 e. The van der Waals surface area contributed by atoms with Crippen LogP contribution in [0.5, 0.6) is 23.0 Å². The normalized spacial score (nSPS) is 11.7. The van der Waals surface area contributed by atoms with Crippen molar-refractivity contribution in [2.24, 2.45) is 0 Å². The van der Waals surface area contributed by atoms with E-state index in [4.69, 9.17) is 9.47 Å². The van der Waals surface area contributed by atoms with Crippen molar-refractivity contribution < 1.29 is 9.47 Å². The standard InChI is InChI=1S/C44H32N2.C42H27BO2.C36H24/c1-29-22-24-45-27-41(29)32-12-16-34(17-13-32)43-37-10-6-7-11-38(37)44(35-18-14-33(15-19-35)42-28-46-25-23-30(42)2)40-26-36(20-21-39(40)43)31-8-4-3-5-9-31;1-5-15-28(16-6-1)32-23-13-25-36-39(32)44-41-34(30-19-9-3-10-20-30)27-35(31-21-11-4-12-22-31)42-38(41)43(36)37-26-14-24-33(40(37)45-42)29-17-7-2-8-18-29;1-3-13-25(14-4-1)27-23-24-34(29-18-8-7-17-28(27)29)36-32-21-11-9-19-30(32)35(26-15-5-2-6-16-26)31-20-10-12-22-33(31)36/h3-28H,1-2H3;1-27H;1-24H. The lowest BCUT2D eigenvalue weighted by molar-refractivity contribution is 0.468. The largest absolute Gasteiger partial charge is 0.457 e. The van der Waals surface area contributed by atoms with Crippen LogP contribution >= 0.6 is 0 Å². The zero-order chi connectivity index (χ0) is 84.7. The van der Waals surface area contributed by atoms with E-state index in [1.54, 1.807) is 0 Å². The molecule has 5 heteroatoms. The third-order valence-electron chi connectivity index (χ3n) is 25.5. The SMILES string of the molecule is Cc1ccncc1-c1ccc(-c2c3ccccc3c(-c3ccc(-c4cnccc4C)cc3)c3cc(-c4ccccc4)ccc23)cc1.c1ccc(-c2ccc(-c3c4ccccc4c(-c4ccccc4)c4ccccc34)c3ccccc23)cc1.c1ccc(-c2cccc3c2Oc2c(-c4ccccc4)cc(-c4ccccc4)c4c2B3c2cccc(-c3ccccc3)c2O4)cc1. The average molecular weight is 1620 g/mol. The Kier molecular flexibility index (Phi) is 20.2. The van der Waals surface area contributed by atoms with Crippen LogP contribution in [0.2, 0.25) is 0 Å². The molecular weight excluding hydrogens is 1540 g/mol. The highest BCUT2D eigenvalue weighted by atomic mass is 16.5. The van der Waals surface area contributed by atoms with Crippen LogP contribution in [0.25, 0.3) is 187 Å². The molecule has 0 N–H and O–H groups in total. The topological polar surface area (TPSA) is 44.2 Å². The Hall–Kier alpha value is -16.3. The molecule has 0 radical (unpaired) electrons. The number of ether oxygens (including phenoxy) is 2. The Labute approximate surface area is 740 Å². The van der Waals surface area contributed by atoms with Gasteiger partial charge in [-0.3, -0.25) is 9.97 Å². The van der Waals surface area contributed by atoms with Gasteiger partial charge in [-0.05, 0) is 214 Å². The van der Waals surface area contributed by atoms with Gasteiger partial charge in [-0.15, -0.1) is 0 Å². The van der Waals surface area contributed by atoms with Crippen molar-refractivity contribution in [3.63, 3.8) is 0 Å². The van der Waals surface area contributed by atoms with Crippen LogP contribution in [0.4, 0.5) is 0 Å². The maximum absolute atomic E-state index is 7.14. The van der Waals surface area contributed by atoms with E-state index in [0.29, 0.717) is 0 Å². The molecule has 4 nitrogen and oxygen atoms in total. The van der Waals surface area contributed by atoms with Gasteiger partial charge in [0, 0.05) is 63.6 Å². The van der Waals surface area contributed by atoms with Gasteiger partial charge in [0.2, 0.25) is 0 Å². The lowest BCUT2D eigenvalue weighted by Crippen LogP contribution is -2.57. The Bertz CT molecular complexity index is 7690. The minimum Gasteiger partial charge on any atom is -0.457 e.